The molecule has 14 nitrogen and oxygen atoms in total. The van der Waals surface area contributed by atoms with Crippen molar-refractivity contribution in [2.75, 3.05) is 10.6 Å². The number of hydrogen-bond donors (Lipinski definition) is 2. The molecule has 0 aromatic heterocycles. The molecule has 2 aliphatic rings. The van der Waals surface area contributed by atoms with Crippen molar-refractivity contribution in [1.82, 2.24) is 9.80 Å². The van der Waals surface area contributed by atoms with Crippen molar-refractivity contribution in [2.45, 2.75) is 145 Å². The Morgan fingerprint density at radius 2 is 0.546 bits per heavy atom. The van der Waals surface area contributed by atoms with Crippen molar-refractivity contribution in [2.24, 2.45) is 11.8 Å². The van der Waals surface area contributed by atoms with Crippen LogP contribution in [0.15, 0.2) is 206 Å². The molecule has 0 radical (unpaired) electrons. The van der Waals surface area contributed by atoms with E-state index >= 15 is 28.8 Å². The highest BCUT2D eigenvalue weighted by molar-refractivity contribution is 6.45. The molecule has 2 aliphatic heterocycles. The predicted octanol–water partition coefficient (Wildman–Crippen LogP) is 22.9. The Balaban J connectivity index is 1.08. The van der Waals surface area contributed by atoms with Gasteiger partial charge in [0.15, 0.2) is 0 Å². The summed E-state index contributed by atoms with van der Waals surface area (Å²) in [5.41, 5.74) is 4.22. The second-order valence-electron chi connectivity index (χ2n) is 33.6. The van der Waals surface area contributed by atoms with Crippen LogP contribution in [0.5, 0.6) is 46.0 Å². The normalized spacial score (nSPS) is 14.1. The van der Waals surface area contributed by atoms with Crippen LogP contribution in [0.1, 0.15) is 174 Å². The Hall–Kier alpha value is -11.9. The monoisotopic (exact) mass is 1430 g/mol. The summed E-state index contributed by atoms with van der Waals surface area (Å²) in [5, 5.41) is 11.9. The molecule has 14 heteroatoms. The number of amides is 6. The largest absolute Gasteiger partial charge is 0.457 e. The number of rotatable bonds is 16. The maximum absolute atomic E-state index is 16.6. The third-order valence-electron chi connectivity index (χ3n) is 21.2. The lowest BCUT2D eigenvalue weighted by molar-refractivity contribution is -0.121. The van der Waals surface area contributed by atoms with Crippen LogP contribution in [-0.4, -0.2) is 57.3 Å². The van der Waals surface area contributed by atoms with Gasteiger partial charge in [-0.15, -0.1) is 0 Å². The first-order valence-electron chi connectivity index (χ1n) is 37.1. The number of carbonyl (C=O) groups excluding carboxylic acids is 6. The third-order valence-corrected chi connectivity index (χ3v) is 21.2. The molecule has 0 bridgehead atoms. The number of carbonyl (C=O) groups is 6. The number of nitrogens with one attached hydrogen (secondary N) is 2. The quantitative estimate of drug-likeness (QED) is 0.0539. The van der Waals surface area contributed by atoms with Gasteiger partial charge in [-0.2, -0.15) is 0 Å². The lowest BCUT2D eigenvalue weighted by atomic mass is 9.80. The van der Waals surface area contributed by atoms with Gasteiger partial charge in [0.05, 0.1) is 22.3 Å². The molecule has 2 atom stereocenters. The van der Waals surface area contributed by atoms with E-state index in [0.29, 0.717) is 66.7 Å². The van der Waals surface area contributed by atoms with Crippen LogP contribution in [0.25, 0.3) is 64.6 Å². The zero-order chi connectivity index (χ0) is 76.5. The predicted molar refractivity (Wildman–Crippen MR) is 432 cm³/mol. The Bertz CT molecular complexity index is 5250. The molecule has 0 fully saturated rings. The molecule has 6 amide bonds. The Morgan fingerprint density at radius 3 is 0.787 bits per heavy atom. The van der Waals surface area contributed by atoms with Gasteiger partial charge < -0.3 is 29.6 Å². The van der Waals surface area contributed by atoms with Crippen molar-refractivity contribution in [3.05, 3.63) is 251 Å². The van der Waals surface area contributed by atoms with Gasteiger partial charge in [0, 0.05) is 65.2 Å². The van der Waals surface area contributed by atoms with Crippen molar-refractivity contribution >= 4 is 111 Å². The molecule has 15 rings (SSSR count). The summed E-state index contributed by atoms with van der Waals surface area (Å²) in [6.07, 6.45) is 0. The van der Waals surface area contributed by atoms with Crippen molar-refractivity contribution in [3.8, 4) is 46.0 Å². The van der Waals surface area contributed by atoms with Crippen LogP contribution in [-0.2, 0) is 31.2 Å². The first-order chi connectivity index (χ1) is 51.2. The maximum Gasteiger partial charge on any atom is 0.262 e. The standard InChI is InChI=1S/C94H88N4O10/c1-51(2)83(85(99)95-69-29-21-25-53-23-17-19-27-63(53)69)97-87(101)65-47-71(105-59-39-31-55(32-40-59)91(5,6)7)77-79-73(107-61-43-35-57(36-44-61)93(11,12)13)49-67-76-68(90(104)98(89(67)103)84(52(3)4)86(100)96-70-30-22-26-54-24-18-20-28-64(54)70)50-74(108-62-45-37-58(38-46-62)94(14,15)16)80(82(76)79)78-72(48-66(88(97)102)75(65)81(77)78)106-60-41-33-56(34-42-60)92(8,9)10/h17-52,83-84H,1-16H3,(H,95,99)(H,96,100). The fraction of sp³-hybridized carbons (Fsp3) is 0.255. The highest BCUT2D eigenvalue weighted by Gasteiger charge is 2.48. The average Bonchev–Trinajstić information content (AvgIpc) is 0.670. The van der Waals surface area contributed by atoms with Crippen molar-refractivity contribution < 1.29 is 47.7 Å². The zero-order valence-electron chi connectivity index (χ0n) is 63.9. The van der Waals surface area contributed by atoms with Crippen LogP contribution in [0.2, 0.25) is 0 Å². The van der Waals surface area contributed by atoms with Gasteiger partial charge in [0.2, 0.25) is 11.8 Å². The van der Waals surface area contributed by atoms with Gasteiger partial charge in [-0.3, -0.25) is 38.6 Å². The highest BCUT2D eigenvalue weighted by Crippen LogP contribution is 2.59. The smallest absolute Gasteiger partial charge is 0.262 e. The van der Waals surface area contributed by atoms with Crippen molar-refractivity contribution in [3.63, 3.8) is 0 Å². The number of anilines is 2. The molecule has 0 saturated carbocycles. The summed E-state index contributed by atoms with van der Waals surface area (Å²) >= 11 is 0. The zero-order valence-corrected chi connectivity index (χ0v) is 63.9. The number of benzene rings is 13. The average molecular weight is 1430 g/mol. The SMILES string of the molecule is CC(C)C(C(=O)Nc1cccc2ccccc12)N1C(=O)c2cc(Oc3ccc(C(C)(C)C)cc3)c3c4c(Oc5ccc(C(C)(C)C)cc5)cc5c6c(cc(Oc7ccc(C(C)(C)C)cc7)c(c7c(Oc8ccc(C(C)(C)C)cc8)cc(c2c37)C1=O)c64)C(=O)N(C(C(=O)Nc1cccc2ccccc12)C(C)C)C5=O. The van der Waals surface area contributed by atoms with Crippen LogP contribution in [0.4, 0.5) is 11.4 Å². The number of nitrogens with zero attached hydrogens (tertiary/aromatic N) is 2. The van der Waals surface area contributed by atoms with Crippen molar-refractivity contribution in [1.29, 1.82) is 0 Å². The molecule has 0 aliphatic carbocycles. The molecular formula is C94H88N4O10. The maximum atomic E-state index is 16.6. The van der Waals surface area contributed by atoms with E-state index in [-0.39, 0.29) is 77.7 Å². The van der Waals surface area contributed by atoms with E-state index < -0.39 is 59.4 Å². The minimum atomic E-state index is -1.37. The molecule has 2 heterocycles. The number of hydrogen-bond acceptors (Lipinski definition) is 10. The van der Waals surface area contributed by atoms with Gasteiger partial charge in [-0.05, 0) is 151 Å². The lowest BCUT2D eigenvalue weighted by Crippen LogP contribution is -2.54. The minimum Gasteiger partial charge on any atom is -0.457 e. The van der Waals surface area contributed by atoms with E-state index in [2.05, 4.69) is 93.7 Å². The van der Waals surface area contributed by atoms with E-state index in [1.807, 2.05) is 170 Å². The van der Waals surface area contributed by atoms with Crippen LogP contribution >= 0.6 is 0 Å². The van der Waals surface area contributed by atoms with E-state index in [9.17, 15) is 0 Å². The van der Waals surface area contributed by atoms with Crippen LogP contribution < -0.4 is 29.6 Å². The molecule has 0 spiro atoms. The number of fused-ring (bicyclic) bond motifs is 4. The topological polar surface area (TPSA) is 170 Å². The Kier molecular flexibility index (Phi) is 17.6. The van der Waals surface area contributed by atoms with Crippen LogP contribution in [0, 0.1) is 11.8 Å². The Labute approximate surface area is 629 Å². The van der Waals surface area contributed by atoms with Gasteiger partial charge in [0.25, 0.3) is 23.6 Å². The molecular weight excluding hydrogens is 1350 g/mol. The molecule has 2 unspecified atom stereocenters. The number of ether oxygens (including phenoxy) is 4. The summed E-state index contributed by atoms with van der Waals surface area (Å²) < 4.78 is 29.6. The second kappa shape index (κ2) is 26.5. The van der Waals surface area contributed by atoms with E-state index in [4.69, 9.17) is 18.9 Å². The van der Waals surface area contributed by atoms with E-state index in [1.165, 1.54) is 0 Å². The van der Waals surface area contributed by atoms with Gasteiger partial charge >= 0.3 is 0 Å². The molecule has 0 saturated heterocycles. The van der Waals surface area contributed by atoms with Crippen LogP contribution in [0.3, 0.4) is 0 Å². The fourth-order valence-electron chi connectivity index (χ4n) is 15.5. The number of imide groups is 2. The summed E-state index contributed by atoms with van der Waals surface area (Å²) in [6.45, 7) is 32.7. The van der Waals surface area contributed by atoms with Gasteiger partial charge in [-0.1, -0.05) is 232 Å². The molecule has 108 heavy (non-hydrogen) atoms. The van der Waals surface area contributed by atoms with E-state index in [1.54, 1.807) is 64.1 Å². The van der Waals surface area contributed by atoms with Gasteiger partial charge in [0.1, 0.15) is 58.1 Å². The first kappa shape index (κ1) is 71.7. The molecule has 2 N–H and O–H groups in total. The first-order valence-corrected chi connectivity index (χ1v) is 37.1. The molecule has 544 valence electrons. The minimum absolute atomic E-state index is 0.0348. The van der Waals surface area contributed by atoms with Gasteiger partial charge in [-0.25, -0.2) is 0 Å². The second-order valence-corrected chi connectivity index (χ2v) is 33.6. The summed E-state index contributed by atoms with van der Waals surface area (Å²) in [4.78, 5) is 99.4. The third kappa shape index (κ3) is 12.6. The summed E-state index contributed by atoms with van der Waals surface area (Å²) in [6, 6.07) is 61.1. The highest BCUT2D eigenvalue weighted by atomic mass is 16.5. The van der Waals surface area contributed by atoms with E-state index in [0.717, 1.165) is 53.6 Å². The fourth-order valence-corrected chi connectivity index (χ4v) is 15.5. The summed E-state index contributed by atoms with van der Waals surface area (Å²) in [7, 11) is 0. The Morgan fingerprint density at radius 1 is 0.306 bits per heavy atom. The summed E-state index contributed by atoms with van der Waals surface area (Å²) in [5.74, 6) is -3.52. The molecule has 13 aromatic carbocycles. The lowest BCUT2D eigenvalue weighted by Gasteiger charge is -2.37. The molecule has 13 aromatic rings.